The summed E-state index contributed by atoms with van der Waals surface area (Å²) in [6.07, 6.45) is 0. The van der Waals surface area contributed by atoms with Crippen LogP contribution >= 0.6 is 23.1 Å². The summed E-state index contributed by atoms with van der Waals surface area (Å²) in [4.78, 5) is 14.3. The number of esters is 1. The molecule has 0 aliphatic carbocycles. The standard InChI is InChI=1S/C14H16ClN3O2S/c1-3-18(2)12(10-7-5-4-6-8-10)14(19)20-9-11-13(15)21-17-16-11/h4-8,12H,3,9H2,1-2H3/t12-/m1/s1. The van der Waals surface area contributed by atoms with E-state index in [4.69, 9.17) is 16.3 Å². The molecule has 1 atom stereocenters. The van der Waals surface area contributed by atoms with E-state index in [1.54, 1.807) is 0 Å². The van der Waals surface area contributed by atoms with Crippen LogP contribution in [0.15, 0.2) is 30.3 Å². The minimum absolute atomic E-state index is 0.0368. The van der Waals surface area contributed by atoms with Gasteiger partial charge < -0.3 is 4.74 Å². The van der Waals surface area contributed by atoms with Gasteiger partial charge in [0.1, 0.15) is 22.7 Å². The van der Waals surface area contributed by atoms with Crippen LogP contribution in [0.5, 0.6) is 0 Å². The fourth-order valence-electron chi connectivity index (χ4n) is 1.89. The van der Waals surface area contributed by atoms with Gasteiger partial charge in [-0.15, -0.1) is 5.10 Å². The van der Waals surface area contributed by atoms with E-state index in [0.717, 1.165) is 23.6 Å². The molecule has 0 fully saturated rings. The monoisotopic (exact) mass is 325 g/mol. The van der Waals surface area contributed by atoms with Gasteiger partial charge in [0.25, 0.3) is 0 Å². The first kappa shape index (κ1) is 15.9. The summed E-state index contributed by atoms with van der Waals surface area (Å²) in [5.74, 6) is -0.324. The molecule has 7 heteroatoms. The van der Waals surface area contributed by atoms with Crippen LogP contribution in [0.25, 0.3) is 0 Å². The minimum Gasteiger partial charge on any atom is -0.458 e. The fourth-order valence-corrected chi connectivity index (χ4v) is 2.49. The number of hydrogen-bond acceptors (Lipinski definition) is 6. The normalized spacial score (nSPS) is 12.4. The Bertz CT molecular complexity index is 591. The number of carbonyl (C=O) groups is 1. The molecule has 112 valence electrons. The van der Waals surface area contributed by atoms with Crippen LogP contribution in [-0.2, 0) is 16.1 Å². The number of carbonyl (C=O) groups excluding carboxylic acids is 1. The van der Waals surface area contributed by atoms with Crippen molar-refractivity contribution in [3.8, 4) is 0 Å². The number of ether oxygens (including phenoxy) is 1. The zero-order chi connectivity index (χ0) is 15.2. The lowest BCUT2D eigenvalue weighted by Gasteiger charge is -2.25. The van der Waals surface area contributed by atoms with Gasteiger partial charge in [-0.05, 0) is 19.2 Å². The number of hydrogen-bond donors (Lipinski definition) is 0. The Kier molecular flexibility index (Phi) is 5.67. The first-order chi connectivity index (χ1) is 10.1. The SMILES string of the molecule is CCN(C)[C@@H](C(=O)OCc1nnsc1Cl)c1ccccc1. The first-order valence-corrected chi connectivity index (χ1v) is 7.67. The summed E-state index contributed by atoms with van der Waals surface area (Å²) in [5.41, 5.74) is 1.38. The van der Waals surface area contributed by atoms with E-state index in [2.05, 4.69) is 9.59 Å². The zero-order valence-corrected chi connectivity index (χ0v) is 13.4. The minimum atomic E-state index is -0.443. The topological polar surface area (TPSA) is 55.3 Å². The average Bonchev–Trinajstić information content (AvgIpc) is 2.91. The lowest BCUT2D eigenvalue weighted by Crippen LogP contribution is -2.32. The van der Waals surface area contributed by atoms with Crippen molar-refractivity contribution in [3.05, 3.63) is 45.9 Å². The molecule has 0 bridgehead atoms. The number of likely N-dealkylation sites (N-methyl/N-ethyl adjacent to an activating group) is 1. The van der Waals surface area contributed by atoms with Crippen molar-refractivity contribution in [2.75, 3.05) is 13.6 Å². The van der Waals surface area contributed by atoms with E-state index in [-0.39, 0.29) is 12.6 Å². The lowest BCUT2D eigenvalue weighted by molar-refractivity contribution is -0.151. The Hall–Kier alpha value is -1.50. The summed E-state index contributed by atoms with van der Waals surface area (Å²) in [7, 11) is 1.89. The van der Waals surface area contributed by atoms with E-state index >= 15 is 0 Å². The molecule has 0 spiro atoms. The van der Waals surface area contributed by atoms with Crippen molar-refractivity contribution >= 4 is 29.1 Å². The van der Waals surface area contributed by atoms with E-state index in [1.165, 1.54) is 0 Å². The molecule has 0 aliphatic heterocycles. The van der Waals surface area contributed by atoms with Crippen LogP contribution in [0, 0.1) is 0 Å². The molecular formula is C14H16ClN3O2S. The zero-order valence-electron chi connectivity index (χ0n) is 11.8. The highest BCUT2D eigenvalue weighted by molar-refractivity contribution is 7.10. The predicted octanol–water partition coefficient (Wildman–Crippen LogP) is 2.93. The van der Waals surface area contributed by atoms with Gasteiger partial charge in [-0.3, -0.25) is 4.90 Å². The lowest BCUT2D eigenvalue weighted by atomic mass is 10.1. The Morgan fingerprint density at radius 1 is 1.43 bits per heavy atom. The highest BCUT2D eigenvalue weighted by Gasteiger charge is 2.26. The molecule has 0 saturated carbocycles. The fraction of sp³-hybridized carbons (Fsp3) is 0.357. The van der Waals surface area contributed by atoms with Crippen molar-refractivity contribution in [2.45, 2.75) is 19.6 Å². The Morgan fingerprint density at radius 3 is 2.71 bits per heavy atom. The third-order valence-corrected chi connectivity index (χ3v) is 4.12. The second-order valence-corrected chi connectivity index (χ2v) is 5.84. The number of halogens is 1. The highest BCUT2D eigenvalue weighted by Crippen LogP contribution is 2.23. The van der Waals surface area contributed by atoms with Gasteiger partial charge in [0.15, 0.2) is 0 Å². The molecule has 0 aliphatic rings. The van der Waals surface area contributed by atoms with Crippen molar-refractivity contribution in [1.82, 2.24) is 14.5 Å². The Labute approximate surface area is 132 Å². The molecule has 2 aromatic rings. The van der Waals surface area contributed by atoms with Crippen molar-refractivity contribution in [3.63, 3.8) is 0 Å². The van der Waals surface area contributed by atoms with Gasteiger partial charge in [-0.2, -0.15) is 0 Å². The molecule has 1 heterocycles. The number of nitrogens with zero attached hydrogens (tertiary/aromatic N) is 3. The van der Waals surface area contributed by atoms with Crippen LogP contribution in [0.3, 0.4) is 0 Å². The molecular weight excluding hydrogens is 310 g/mol. The van der Waals surface area contributed by atoms with Gasteiger partial charge in [-0.25, -0.2) is 4.79 Å². The summed E-state index contributed by atoms with van der Waals surface area (Å²) >= 11 is 6.98. The summed E-state index contributed by atoms with van der Waals surface area (Å²) < 4.78 is 9.50. The van der Waals surface area contributed by atoms with E-state index in [0.29, 0.717) is 10.0 Å². The van der Waals surface area contributed by atoms with Crippen molar-refractivity contribution < 1.29 is 9.53 Å². The second-order valence-electron chi connectivity index (χ2n) is 4.49. The molecule has 1 aromatic carbocycles. The number of benzene rings is 1. The van der Waals surface area contributed by atoms with Crippen LogP contribution in [-0.4, -0.2) is 34.0 Å². The van der Waals surface area contributed by atoms with Crippen LogP contribution in [0.1, 0.15) is 24.2 Å². The molecule has 0 amide bonds. The van der Waals surface area contributed by atoms with Crippen LogP contribution in [0.4, 0.5) is 0 Å². The van der Waals surface area contributed by atoms with Gasteiger partial charge in [0.05, 0.1) is 0 Å². The molecule has 0 unspecified atom stereocenters. The van der Waals surface area contributed by atoms with Crippen molar-refractivity contribution in [1.29, 1.82) is 0 Å². The third kappa shape index (κ3) is 4.00. The van der Waals surface area contributed by atoms with E-state index in [1.807, 2.05) is 49.2 Å². The summed E-state index contributed by atoms with van der Waals surface area (Å²) in [6, 6.07) is 9.10. The van der Waals surface area contributed by atoms with E-state index < -0.39 is 6.04 Å². The van der Waals surface area contributed by atoms with Gasteiger partial charge >= 0.3 is 5.97 Å². The maximum atomic E-state index is 12.4. The third-order valence-electron chi connectivity index (χ3n) is 3.14. The van der Waals surface area contributed by atoms with Gasteiger partial charge in [0, 0.05) is 11.5 Å². The Morgan fingerprint density at radius 2 is 2.14 bits per heavy atom. The predicted molar refractivity (Wildman–Crippen MR) is 82.2 cm³/mol. The number of rotatable bonds is 6. The largest absolute Gasteiger partial charge is 0.458 e. The maximum Gasteiger partial charge on any atom is 0.328 e. The molecule has 2 rings (SSSR count). The molecule has 0 N–H and O–H groups in total. The van der Waals surface area contributed by atoms with Crippen LogP contribution in [0.2, 0.25) is 4.34 Å². The molecule has 0 saturated heterocycles. The molecule has 0 radical (unpaired) electrons. The highest BCUT2D eigenvalue weighted by atomic mass is 35.5. The molecule has 1 aromatic heterocycles. The summed E-state index contributed by atoms with van der Waals surface area (Å²) in [5, 5.41) is 3.83. The van der Waals surface area contributed by atoms with Crippen molar-refractivity contribution in [2.24, 2.45) is 0 Å². The van der Waals surface area contributed by atoms with Gasteiger partial charge in [0.2, 0.25) is 0 Å². The molecule has 21 heavy (non-hydrogen) atoms. The van der Waals surface area contributed by atoms with Crippen LogP contribution < -0.4 is 0 Å². The Balaban J connectivity index is 2.10. The number of aromatic nitrogens is 2. The second kappa shape index (κ2) is 7.49. The van der Waals surface area contributed by atoms with Gasteiger partial charge in [-0.1, -0.05) is 53.3 Å². The quantitative estimate of drug-likeness (QED) is 0.764. The first-order valence-electron chi connectivity index (χ1n) is 6.52. The average molecular weight is 326 g/mol. The van der Waals surface area contributed by atoms with E-state index in [9.17, 15) is 4.79 Å². The maximum absolute atomic E-state index is 12.4. The summed E-state index contributed by atoms with van der Waals surface area (Å²) in [6.45, 7) is 2.76. The smallest absolute Gasteiger partial charge is 0.328 e. The molecule has 5 nitrogen and oxygen atoms in total.